The zero-order chi connectivity index (χ0) is 15.1. The maximum atomic E-state index is 6.51. The molecule has 1 aliphatic carbocycles. The monoisotopic (exact) mass is 331 g/mol. The van der Waals surface area contributed by atoms with Crippen LogP contribution in [0.2, 0.25) is 10.0 Å². The van der Waals surface area contributed by atoms with E-state index in [9.17, 15) is 0 Å². The Bertz CT molecular complexity index is 698. The molecule has 1 saturated heterocycles. The van der Waals surface area contributed by atoms with Gasteiger partial charge < -0.3 is 5.32 Å². The van der Waals surface area contributed by atoms with E-state index in [1.54, 1.807) is 0 Å². The van der Waals surface area contributed by atoms with Crippen LogP contribution in [-0.4, -0.2) is 13.1 Å². The number of halogens is 2. The number of hydrogen-bond acceptors (Lipinski definition) is 1. The number of rotatable bonds is 1. The lowest BCUT2D eigenvalue weighted by Crippen LogP contribution is -2.38. The molecule has 3 unspecified atom stereocenters. The Morgan fingerprint density at radius 3 is 2.59 bits per heavy atom. The normalized spacial score (nSPS) is 27.1. The zero-order valence-electron chi connectivity index (χ0n) is 12.4. The molecule has 0 spiro atoms. The molecule has 4 rings (SSSR count). The first-order chi connectivity index (χ1) is 10.7. The smallest absolute Gasteiger partial charge is 0.0459 e. The molecule has 1 aliphatic heterocycles. The van der Waals surface area contributed by atoms with Gasteiger partial charge in [-0.2, -0.15) is 0 Å². The van der Waals surface area contributed by atoms with E-state index in [2.05, 4.69) is 35.6 Å². The van der Waals surface area contributed by atoms with Crippen LogP contribution >= 0.6 is 23.2 Å². The second-order valence-electron chi connectivity index (χ2n) is 6.44. The number of hydrogen-bond donors (Lipinski definition) is 1. The molecule has 2 aromatic rings. The van der Waals surface area contributed by atoms with Gasteiger partial charge in [-0.15, -0.1) is 0 Å². The van der Waals surface area contributed by atoms with E-state index >= 15 is 0 Å². The molecule has 0 radical (unpaired) electrons. The molecule has 0 bridgehead atoms. The third kappa shape index (κ3) is 2.46. The Kier molecular flexibility index (Phi) is 3.89. The summed E-state index contributed by atoms with van der Waals surface area (Å²) in [4.78, 5) is 0. The molecule has 0 amide bonds. The van der Waals surface area contributed by atoms with Gasteiger partial charge in [-0.3, -0.25) is 0 Å². The van der Waals surface area contributed by atoms with Gasteiger partial charge in [0.1, 0.15) is 0 Å². The highest BCUT2D eigenvalue weighted by molar-refractivity contribution is 6.35. The summed E-state index contributed by atoms with van der Waals surface area (Å²) in [6, 6.07) is 14.8. The van der Waals surface area contributed by atoms with Crippen LogP contribution in [0.25, 0.3) is 0 Å². The third-order valence-corrected chi connectivity index (χ3v) is 5.83. The molecule has 1 fully saturated rings. The Morgan fingerprint density at radius 2 is 1.77 bits per heavy atom. The van der Waals surface area contributed by atoms with Crippen LogP contribution in [0.5, 0.6) is 0 Å². The van der Waals surface area contributed by atoms with Crippen LogP contribution in [0.15, 0.2) is 42.5 Å². The van der Waals surface area contributed by atoms with Crippen molar-refractivity contribution in [2.45, 2.75) is 24.7 Å². The molecule has 2 aromatic carbocycles. The van der Waals surface area contributed by atoms with Crippen molar-refractivity contribution in [1.82, 2.24) is 5.32 Å². The van der Waals surface area contributed by atoms with Crippen molar-refractivity contribution in [3.05, 3.63) is 69.2 Å². The van der Waals surface area contributed by atoms with Gasteiger partial charge in [-0.25, -0.2) is 0 Å². The number of piperidine rings is 1. The second-order valence-corrected chi connectivity index (χ2v) is 7.29. The molecular formula is C19H19Cl2N. The van der Waals surface area contributed by atoms with Crippen LogP contribution in [0, 0.1) is 5.92 Å². The van der Waals surface area contributed by atoms with Crippen molar-refractivity contribution in [1.29, 1.82) is 0 Å². The standard InChI is InChI=1S/C19H19Cl2N/c20-13-5-6-16(19(21)10-13)17-9-12-7-8-22-11-18(12)15-4-2-1-3-14(15)17/h1-6,10,12,17-18,22H,7-9,11H2. The molecule has 3 heteroatoms. The molecule has 1 heterocycles. The van der Waals surface area contributed by atoms with Crippen molar-refractivity contribution >= 4 is 23.2 Å². The Hall–Kier alpha value is -1.02. The third-order valence-electron chi connectivity index (χ3n) is 5.27. The minimum absolute atomic E-state index is 0.389. The van der Waals surface area contributed by atoms with Crippen molar-refractivity contribution in [2.75, 3.05) is 13.1 Å². The highest BCUT2D eigenvalue weighted by Crippen LogP contribution is 2.48. The van der Waals surface area contributed by atoms with E-state index in [0.29, 0.717) is 16.9 Å². The summed E-state index contributed by atoms with van der Waals surface area (Å²) in [6.45, 7) is 2.23. The summed E-state index contributed by atoms with van der Waals surface area (Å²) < 4.78 is 0. The van der Waals surface area contributed by atoms with E-state index in [1.807, 2.05) is 12.1 Å². The minimum atomic E-state index is 0.389. The van der Waals surface area contributed by atoms with Gasteiger partial charge in [-0.1, -0.05) is 53.5 Å². The minimum Gasteiger partial charge on any atom is -0.316 e. The van der Waals surface area contributed by atoms with Crippen LogP contribution in [-0.2, 0) is 0 Å². The Balaban J connectivity index is 1.82. The first-order valence-electron chi connectivity index (χ1n) is 7.98. The lowest BCUT2D eigenvalue weighted by molar-refractivity contribution is 0.278. The molecule has 1 nitrogen and oxygen atoms in total. The molecule has 0 saturated carbocycles. The lowest BCUT2D eigenvalue weighted by atomic mass is 9.66. The first-order valence-corrected chi connectivity index (χ1v) is 8.74. The van der Waals surface area contributed by atoms with Crippen molar-refractivity contribution in [3.8, 4) is 0 Å². The van der Waals surface area contributed by atoms with Gasteiger partial charge in [0, 0.05) is 22.5 Å². The average Bonchev–Trinajstić information content (AvgIpc) is 2.54. The van der Waals surface area contributed by atoms with Gasteiger partial charge in [0.2, 0.25) is 0 Å². The molecule has 2 aliphatic rings. The zero-order valence-corrected chi connectivity index (χ0v) is 13.9. The fraction of sp³-hybridized carbons (Fsp3) is 0.368. The van der Waals surface area contributed by atoms with E-state index in [-0.39, 0.29) is 0 Å². The summed E-state index contributed by atoms with van der Waals surface area (Å²) in [6.07, 6.45) is 2.44. The second kappa shape index (κ2) is 5.88. The molecular weight excluding hydrogens is 313 g/mol. The predicted molar refractivity (Wildman–Crippen MR) is 93.1 cm³/mol. The van der Waals surface area contributed by atoms with E-state index in [4.69, 9.17) is 23.2 Å². The quantitative estimate of drug-likeness (QED) is 0.755. The largest absolute Gasteiger partial charge is 0.316 e. The topological polar surface area (TPSA) is 12.0 Å². The van der Waals surface area contributed by atoms with Crippen LogP contribution < -0.4 is 5.32 Å². The molecule has 22 heavy (non-hydrogen) atoms. The number of fused-ring (bicyclic) bond motifs is 3. The van der Waals surface area contributed by atoms with E-state index in [0.717, 1.165) is 24.0 Å². The van der Waals surface area contributed by atoms with Gasteiger partial charge in [-0.05, 0) is 60.0 Å². The van der Waals surface area contributed by atoms with E-state index in [1.165, 1.54) is 29.5 Å². The van der Waals surface area contributed by atoms with Gasteiger partial charge in [0.15, 0.2) is 0 Å². The summed E-state index contributed by atoms with van der Waals surface area (Å²) in [5, 5.41) is 5.05. The number of nitrogens with one attached hydrogen (secondary N) is 1. The fourth-order valence-corrected chi connectivity index (χ4v) is 4.77. The van der Waals surface area contributed by atoms with Crippen molar-refractivity contribution < 1.29 is 0 Å². The molecule has 3 atom stereocenters. The van der Waals surface area contributed by atoms with Crippen LogP contribution in [0.4, 0.5) is 0 Å². The number of benzene rings is 2. The van der Waals surface area contributed by atoms with Gasteiger partial charge in [0.05, 0.1) is 0 Å². The maximum Gasteiger partial charge on any atom is 0.0459 e. The highest BCUT2D eigenvalue weighted by Gasteiger charge is 2.37. The average molecular weight is 332 g/mol. The molecule has 1 N–H and O–H groups in total. The predicted octanol–water partition coefficient (Wildman–Crippen LogP) is 5.22. The molecule has 114 valence electrons. The van der Waals surface area contributed by atoms with Gasteiger partial charge in [0.25, 0.3) is 0 Å². The summed E-state index contributed by atoms with van der Waals surface area (Å²) in [7, 11) is 0. The SMILES string of the molecule is Clc1ccc(C2CC3CCNCC3c3ccccc32)c(Cl)c1. The summed E-state index contributed by atoms with van der Waals surface area (Å²) in [5.74, 6) is 1.78. The fourth-order valence-electron chi connectivity index (χ4n) is 4.23. The Morgan fingerprint density at radius 1 is 0.955 bits per heavy atom. The summed E-state index contributed by atoms with van der Waals surface area (Å²) >= 11 is 12.6. The first kappa shape index (κ1) is 14.6. The van der Waals surface area contributed by atoms with Gasteiger partial charge >= 0.3 is 0 Å². The van der Waals surface area contributed by atoms with Crippen molar-refractivity contribution in [2.24, 2.45) is 5.92 Å². The van der Waals surface area contributed by atoms with Crippen LogP contribution in [0.3, 0.4) is 0 Å². The lowest BCUT2D eigenvalue weighted by Gasteiger charge is -2.41. The van der Waals surface area contributed by atoms with E-state index < -0.39 is 0 Å². The van der Waals surface area contributed by atoms with Crippen molar-refractivity contribution in [3.63, 3.8) is 0 Å². The van der Waals surface area contributed by atoms with Crippen LogP contribution in [0.1, 0.15) is 41.4 Å². The Labute approximate surface area is 141 Å². The maximum absolute atomic E-state index is 6.51. The molecule has 0 aromatic heterocycles. The highest BCUT2D eigenvalue weighted by atomic mass is 35.5. The summed E-state index contributed by atoms with van der Waals surface area (Å²) in [5.41, 5.74) is 4.16.